The first-order chi connectivity index (χ1) is 10.7. The average Bonchev–Trinajstić information content (AvgIpc) is 3.01. The van der Waals surface area contributed by atoms with Gasteiger partial charge in [0, 0.05) is 5.92 Å². The largest absolute Gasteiger partial charge is 0.363 e. The molecule has 1 fully saturated rings. The minimum atomic E-state index is -0.345. The van der Waals surface area contributed by atoms with Crippen LogP contribution in [0.5, 0.6) is 0 Å². The summed E-state index contributed by atoms with van der Waals surface area (Å²) in [5, 5.41) is 0. The first kappa shape index (κ1) is 15.0. The fraction of sp³-hybridized carbons (Fsp3) is 0.350. The predicted octanol–water partition coefficient (Wildman–Crippen LogP) is 4.66. The number of carbonyl (C=O) groups is 1. The zero-order valence-electron chi connectivity index (χ0n) is 12.9. The molecule has 2 aromatic carbocycles. The second-order valence-electron chi connectivity index (χ2n) is 6.17. The van der Waals surface area contributed by atoms with Crippen LogP contribution in [0.4, 0.5) is 0 Å². The fourth-order valence-electron chi connectivity index (χ4n) is 3.47. The van der Waals surface area contributed by atoms with Crippen molar-refractivity contribution in [2.75, 3.05) is 0 Å². The lowest BCUT2D eigenvalue weighted by Crippen LogP contribution is -2.28. The topological polar surface area (TPSA) is 26.3 Å². The summed E-state index contributed by atoms with van der Waals surface area (Å²) < 4.78 is 6.54. The molecule has 0 spiro atoms. The van der Waals surface area contributed by atoms with Crippen molar-refractivity contribution < 1.29 is 9.53 Å². The van der Waals surface area contributed by atoms with Gasteiger partial charge in [-0.25, -0.2) is 0 Å². The molecule has 0 amide bonds. The van der Waals surface area contributed by atoms with Gasteiger partial charge in [0.05, 0.1) is 11.7 Å². The smallest absolute Gasteiger partial charge is 0.123 e. The summed E-state index contributed by atoms with van der Waals surface area (Å²) in [5.74, 6) is 0.100. The molecule has 3 atom stereocenters. The van der Waals surface area contributed by atoms with E-state index in [1.165, 1.54) is 11.1 Å². The summed E-state index contributed by atoms with van der Waals surface area (Å²) >= 11 is 0. The standard InChI is InChI=1S/C20H22O2/c1-16(18-8-4-2-5-9-18)22-20(13-12-17(14-20)15-21)19-10-6-3-7-11-19/h2-11,15-17H,12-14H2,1H3. The van der Waals surface area contributed by atoms with E-state index < -0.39 is 0 Å². The Morgan fingerprint density at radius 2 is 1.73 bits per heavy atom. The number of aldehydes is 1. The third-order valence-electron chi connectivity index (χ3n) is 4.67. The normalized spacial score (nSPS) is 25.8. The third-order valence-corrected chi connectivity index (χ3v) is 4.67. The van der Waals surface area contributed by atoms with E-state index in [-0.39, 0.29) is 17.6 Å². The molecule has 1 saturated carbocycles. The number of hydrogen-bond acceptors (Lipinski definition) is 2. The Labute approximate surface area is 132 Å². The summed E-state index contributed by atoms with van der Waals surface area (Å²) in [7, 11) is 0. The number of hydrogen-bond donors (Lipinski definition) is 0. The molecule has 0 N–H and O–H groups in total. The molecule has 2 nitrogen and oxygen atoms in total. The maximum Gasteiger partial charge on any atom is 0.123 e. The van der Waals surface area contributed by atoms with E-state index in [1.807, 2.05) is 36.4 Å². The summed E-state index contributed by atoms with van der Waals surface area (Å²) in [6.45, 7) is 2.09. The van der Waals surface area contributed by atoms with Crippen LogP contribution in [0.2, 0.25) is 0 Å². The monoisotopic (exact) mass is 294 g/mol. The Morgan fingerprint density at radius 3 is 2.32 bits per heavy atom. The number of ether oxygens (including phenoxy) is 1. The Balaban J connectivity index is 1.88. The van der Waals surface area contributed by atoms with E-state index in [0.29, 0.717) is 0 Å². The Kier molecular flexibility index (Phi) is 4.39. The molecule has 2 heteroatoms. The highest BCUT2D eigenvalue weighted by Crippen LogP contribution is 2.47. The van der Waals surface area contributed by atoms with E-state index in [4.69, 9.17) is 4.74 Å². The van der Waals surface area contributed by atoms with Crippen LogP contribution in [-0.2, 0) is 15.1 Å². The molecule has 0 bridgehead atoms. The van der Waals surface area contributed by atoms with Crippen molar-refractivity contribution in [2.45, 2.75) is 37.9 Å². The highest BCUT2D eigenvalue weighted by Gasteiger charge is 2.42. The molecule has 0 aliphatic heterocycles. The van der Waals surface area contributed by atoms with E-state index in [1.54, 1.807) is 0 Å². The van der Waals surface area contributed by atoms with Crippen molar-refractivity contribution in [3.05, 3.63) is 71.8 Å². The molecule has 114 valence electrons. The van der Waals surface area contributed by atoms with Crippen LogP contribution >= 0.6 is 0 Å². The summed E-state index contributed by atoms with van der Waals surface area (Å²) in [6.07, 6.45) is 3.67. The zero-order chi connectivity index (χ0) is 15.4. The minimum absolute atomic E-state index is 0.00630. The molecule has 22 heavy (non-hydrogen) atoms. The van der Waals surface area contributed by atoms with E-state index in [0.717, 1.165) is 25.5 Å². The second-order valence-corrected chi connectivity index (χ2v) is 6.17. The Hall–Kier alpha value is -1.93. The van der Waals surface area contributed by atoms with Crippen LogP contribution in [-0.4, -0.2) is 6.29 Å². The lowest BCUT2D eigenvalue weighted by Gasteiger charge is -2.33. The molecule has 0 radical (unpaired) electrons. The summed E-state index contributed by atoms with van der Waals surface area (Å²) in [6, 6.07) is 20.6. The summed E-state index contributed by atoms with van der Waals surface area (Å²) in [5.41, 5.74) is 2.01. The third kappa shape index (κ3) is 2.97. The fourth-order valence-corrected chi connectivity index (χ4v) is 3.47. The number of benzene rings is 2. The molecular formula is C20H22O2. The molecule has 3 unspecified atom stereocenters. The SMILES string of the molecule is CC(OC1(c2ccccc2)CCC(C=O)C1)c1ccccc1. The lowest BCUT2D eigenvalue weighted by atomic mass is 9.90. The van der Waals surface area contributed by atoms with Crippen LogP contribution < -0.4 is 0 Å². The van der Waals surface area contributed by atoms with E-state index in [9.17, 15) is 4.79 Å². The van der Waals surface area contributed by atoms with Crippen LogP contribution in [0.25, 0.3) is 0 Å². The summed E-state index contributed by atoms with van der Waals surface area (Å²) in [4.78, 5) is 11.2. The van der Waals surface area contributed by atoms with Crippen molar-refractivity contribution >= 4 is 6.29 Å². The van der Waals surface area contributed by atoms with Gasteiger partial charge in [-0.05, 0) is 37.3 Å². The molecular weight excluding hydrogens is 272 g/mol. The molecule has 1 aliphatic rings. The molecule has 0 aromatic heterocycles. The predicted molar refractivity (Wildman–Crippen MR) is 87.5 cm³/mol. The van der Waals surface area contributed by atoms with Crippen molar-refractivity contribution in [1.29, 1.82) is 0 Å². The average molecular weight is 294 g/mol. The lowest BCUT2D eigenvalue weighted by molar-refractivity contribution is -0.114. The minimum Gasteiger partial charge on any atom is -0.363 e. The van der Waals surface area contributed by atoms with Gasteiger partial charge in [-0.15, -0.1) is 0 Å². The zero-order valence-corrected chi connectivity index (χ0v) is 12.9. The van der Waals surface area contributed by atoms with Crippen LogP contribution in [0, 0.1) is 5.92 Å². The molecule has 2 aromatic rings. The van der Waals surface area contributed by atoms with Crippen molar-refractivity contribution in [3.63, 3.8) is 0 Å². The van der Waals surface area contributed by atoms with Crippen molar-refractivity contribution in [3.8, 4) is 0 Å². The van der Waals surface area contributed by atoms with E-state index in [2.05, 4.69) is 31.2 Å². The van der Waals surface area contributed by atoms with E-state index >= 15 is 0 Å². The van der Waals surface area contributed by atoms with Gasteiger partial charge in [-0.1, -0.05) is 60.7 Å². The van der Waals surface area contributed by atoms with Gasteiger partial charge in [-0.2, -0.15) is 0 Å². The number of carbonyl (C=O) groups excluding carboxylic acids is 1. The van der Waals surface area contributed by atoms with Gasteiger partial charge in [0.1, 0.15) is 6.29 Å². The first-order valence-electron chi connectivity index (χ1n) is 7.97. The highest BCUT2D eigenvalue weighted by atomic mass is 16.5. The molecule has 1 aliphatic carbocycles. The Morgan fingerprint density at radius 1 is 1.09 bits per heavy atom. The first-order valence-corrected chi connectivity index (χ1v) is 7.97. The second kappa shape index (κ2) is 6.45. The molecule has 3 rings (SSSR count). The van der Waals surface area contributed by atoms with Crippen LogP contribution in [0.3, 0.4) is 0 Å². The van der Waals surface area contributed by atoms with Crippen molar-refractivity contribution in [1.82, 2.24) is 0 Å². The molecule has 0 saturated heterocycles. The number of rotatable bonds is 5. The highest BCUT2D eigenvalue weighted by molar-refractivity contribution is 5.55. The Bertz CT molecular complexity index is 608. The maximum absolute atomic E-state index is 11.2. The van der Waals surface area contributed by atoms with Gasteiger partial charge in [0.2, 0.25) is 0 Å². The van der Waals surface area contributed by atoms with Crippen LogP contribution in [0.15, 0.2) is 60.7 Å². The van der Waals surface area contributed by atoms with Gasteiger partial charge < -0.3 is 9.53 Å². The van der Waals surface area contributed by atoms with Gasteiger partial charge in [0.25, 0.3) is 0 Å². The molecule has 0 heterocycles. The van der Waals surface area contributed by atoms with Gasteiger partial charge >= 0.3 is 0 Å². The quantitative estimate of drug-likeness (QED) is 0.750. The maximum atomic E-state index is 11.2. The van der Waals surface area contributed by atoms with Gasteiger partial charge in [0.15, 0.2) is 0 Å². The van der Waals surface area contributed by atoms with Crippen LogP contribution in [0.1, 0.15) is 43.4 Å². The van der Waals surface area contributed by atoms with Gasteiger partial charge in [-0.3, -0.25) is 0 Å². The van der Waals surface area contributed by atoms with Crippen molar-refractivity contribution in [2.24, 2.45) is 5.92 Å².